The first-order valence-corrected chi connectivity index (χ1v) is 4.29. The Balaban J connectivity index is 0. The minimum absolute atomic E-state index is 0.125. The highest BCUT2D eigenvalue weighted by Crippen LogP contribution is 1.81. The lowest BCUT2D eigenvalue weighted by atomic mass is 10.8. The van der Waals surface area contributed by atoms with Gasteiger partial charge in [-0.25, -0.2) is 4.18 Å². The van der Waals surface area contributed by atoms with Gasteiger partial charge in [-0.05, 0) is 0 Å². The number of aliphatic hydroxyl groups excluding tert-OH is 3. The Bertz CT molecular complexity index is 160. The predicted molar refractivity (Wildman–Crippen MR) is 38.8 cm³/mol. The fourth-order valence-corrected chi connectivity index (χ4v) is 0.428. The molecule has 0 aromatic carbocycles. The van der Waals surface area contributed by atoms with Crippen LogP contribution in [0.3, 0.4) is 0 Å². The first-order chi connectivity index (χ1) is 5.47. The highest BCUT2D eigenvalue weighted by molar-refractivity contribution is 7.80. The molecule has 0 heterocycles. The van der Waals surface area contributed by atoms with Crippen molar-refractivity contribution in [2.75, 3.05) is 26.4 Å². The van der Waals surface area contributed by atoms with Crippen molar-refractivity contribution in [1.82, 2.24) is 0 Å². The summed E-state index contributed by atoms with van der Waals surface area (Å²) in [6.07, 6.45) is 0. The smallest absolute Gasteiger partial charge is 0.394 e. The average molecular weight is 204 g/mol. The Hall–Kier alpha value is -0.250. The van der Waals surface area contributed by atoms with Gasteiger partial charge in [0.25, 0.3) is 0 Å². The fourth-order valence-electron chi connectivity index (χ4n) is 0.143. The topological polar surface area (TPSA) is 124 Å². The summed E-state index contributed by atoms with van der Waals surface area (Å²) in [4.78, 5) is 0. The zero-order valence-electron chi connectivity index (χ0n) is 6.25. The summed E-state index contributed by atoms with van der Waals surface area (Å²) in [5.74, 6) is 0. The van der Waals surface area contributed by atoms with E-state index in [9.17, 15) is 8.42 Å². The van der Waals surface area contributed by atoms with Crippen LogP contribution in [0, 0.1) is 0 Å². The Morgan fingerprint density at radius 2 is 1.42 bits per heavy atom. The van der Waals surface area contributed by atoms with Gasteiger partial charge in [0.1, 0.15) is 0 Å². The van der Waals surface area contributed by atoms with E-state index in [1.807, 2.05) is 0 Å². The number of hydrogen-bond donors (Lipinski definition) is 4. The third kappa shape index (κ3) is 22.6. The van der Waals surface area contributed by atoms with E-state index in [1.165, 1.54) is 0 Å². The highest BCUT2D eigenvalue weighted by atomic mass is 32.3. The van der Waals surface area contributed by atoms with Crippen LogP contribution in [0.15, 0.2) is 0 Å². The average Bonchev–Trinajstić information content (AvgIpc) is 2.00. The lowest BCUT2D eigenvalue weighted by Gasteiger charge is -1.92. The second kappa shape index (κ2) is 8.84. The van der Waals surface area contributed by atoms with Crippen LogP contribution in [-0.2, 0) is 14.6 Å². The summed E-state index contributed by atoms with van der Waals surface area (Å²) < 4.78 is 30.7. The van der Waals surface area contributed by atoms with Gasteiger partial charge < -0.3 is 15.3 Å². The molecule has 0 fully saturated rings. The SMILES string of the molecule is O=S(=O)(O)OCCO.OCCO. The molecule has 0 aliphatic carbocycles. The second-order valence-corrected chi connectivity index (χ2v) is 2.51. The molecule has 0 aliphatic rings. The Labute approximate surface area is 70.2 Å². The third-order valence-corrected chi connectivity index (χ3v) is 0.888. The monoisotopic (exact) mass is 204 g/mol. The lowest BCUT2D eigenvalue weighted by molar-refractivity contribution is 0.186. The van der Waals surface area contributed by atoms with E-state index in [0.717, 1.165) is 0 Å². The molecule has 0 saturated carbocycles. The molecule has 0 aliphatic heterocycles. The Morgan fingerprint density at radius 1 is 1.00 bits per heavy atom. The first kappa shape index (κ1) is 14.3. The number of aliphatic hydroxyl groups is 3. The molecule has 12 heavy (non-hydrogen) atoms. The third-order valence-electron chi connectivity index (χ3n) is 0.424. The summed E-state index contributed by atoms with van der Waals surface area (Å²) >= 11 is 0. The number of rotatable bonds is 4. The molecule has 8 heteroatoms. The minimum Gasteiger partial charge on any atom is -0.394 e. The maximum Gasteiger partial charge on any atom is 0.397 e. The predicted octanol–water partition coefficient (Wildman–Crippen LogP) is -2.23. The van der Waals surface area contributed by atoms with E-state index in [2.05, 4.69) is 4.18 Å². The molecular weight excluding hydrogens is 192 g/mol. The quantitative estimate of drug-likeness (QED) is 0.382. The number of hydrogen-bond acceptors (Lipinski definition) is 6. The van der Waals surface area contributed by atoms with Gasteiger partial charge in [0.15, 0.2) is 0 Å². The van der Waals surface area contributed by atoms with Gasteiger partial charge >= 0.3 is 10.4 Å². The summed E-state index contributed by atoms with van der Waals surface area (Å²) in [5.41, 5.74) is 0. The highest BCUT2D eigenvalue weighted by Gasteiger charge is 2.00. The van der Waals surface area contributed by atoms with E-state index in [-0.39, 0.29) is 13.2 Å². The molecular formula is C4H12O7S. The van der Waals surface area contributed by atoms with Gasteiger partial charge in [-0.1, -0.05) is 0 Å². The second-order valence-electron chi connectivity index (χ2n) is 1.42. The van der Waals surface area contributed by atoms with Gasteiger partial charge in [-0.15, -0.1) is 0 Å². The summed E-state index contributed by atoms with van der Waals surface area (Å²) in [6.45, 7) is -1.08. The summed E-state index contributed by atoms with van der Waals surface area (Å²) in [7, 11) is -4.35. The maximum absolute atomic E-state index is 9.61. The van der Waals surface area contributed by atoms with Gasteiger partial charge in [0.2, 0.25) is 0 Å². The zero-order chi connectivity index (χ0) is 10.0. The molecule has 0 aromatic heterocycles. The van der Waals surface area contributed by atoms with Crippen molar-refractivity contribution in [3.05, 3.63) is 0 Å². The molecule has 0 spiro atoms. The van der Waals surface area contributed by atoms with Crippen molar-refractivity contribution in [2.45, 2.75) is 0 Å². The van der Waals surface area contributed by atoms with E-state index in [0.29, 0.717) is 0 Å². The van der Waals surface area contributed by atoms with Crippen LogP contribution in [0.5, 0.6) is 0 Å². The van der Waals surface area contributed by atoms with Crippen molar-refractivity contribution >= 4 is 10.4 Å². The van der Waals surface area contributed by atoms with Gasteiger partial charge in [-0.2, -0.15) is 8.42 Å². The maximum atomic E-state index is 9.61. The molecule has 0 unspecified atom stereocenters. The molecule has 0 saturated heterocycles. The molecule has 0 radical (unpaired) electrons. The van der Waals surface area contributed by atoms with Crippen molar-refractivity contribution in [3.8, 4) is 0 Å². The van der Waals surface area contributed by atoms with Crippen molar-refractivity contribution < 1.29 is 32.5 Å². The van der Waals surface area contributed by atoms with Crippen LogP contribution in [0.25, 0.3) is 0 Å². The van der Waals surface area contributed by atoms with Crippen molar-refractivity contribution in [2.24, 2.45) is 0 Å². The van der Waals surface area contributed by atoms with Crippen molar-refractivity contribution in [3.63, 3.8) is 0 Å². The summed E-state index contributed by atoms with van der Waals surface area (Å²) in [6, 6.07) is 0. The largest absolute Gasteiger partial charge is 0.397 e. The molecule has 4 N–H and O–H groups in total. The van der Waals surface area contributed by atoms with Gasteiger partial charge in [0.05, 0.1) is 26.4 Å². The van der Waals surface area contributed by atoms with Crippen LogP contribution in [0.2, 0.25) is 0 Å². The van der Waals surface area contributed by atoms with E-state index in [1.54, 1.807) is 0 Å². The normalized spacial score (nSPS) is 10.3. The Kier molecular flexibility index (Phi) is 10.5. The fraction of sp³-hybridized carbons (Fsp3) is 1.00. The van der Waals surface area contributed by atoms with Crippen LogP contribution in [-0.4, -0.2) is 54.7 Å². The first-order valence-electron chi connectivity index (χ1n) is 2.92. The molecule has 0 rings (SSSR count). The standard InChI is InChI=1S/C2H6O5S.C2H6O2/c3-1-2-7-8(4,5)6;3-1-2-4/h3H,1-2H2,(H,4,5,6);3-4H,1-2H2. The molecule has 0 bridgehead atoms. The Morgan fingerprint density at radius 3 is 1.50 bits per heavy atom. The van der Waals surface area contributed by atoms with E-state index in [4.69, 9.17) is 19.9 Å². The molecule has 0 amide bonds. The van der Waals surface area contributed by atoms with Crippen LogP contribution < -0.4 is 0 Å². The van der Waals surface area contributed by atoms with Crippen molar-refractivity contribution in [1.29, 1.82) is 0 Å². The van der Waals surface area contributed by atoms with E-state index < -0.39 is 23.6 Å². The lowest BCUT2D eigenvalue weighted by Crippen LogP contribution is -2.06. The summed E-state index contributed by atoms with van der Waals surface area (Å²) in [5, 5.41) is 23.2. The van der Waals surface area contributed by atoms with E-state index >= 15 is 0 Å². The van der Waals surface area contributed by atoms with Gasteiger partial charge in [0, 0.05) is 0 Å². The van der Waals surface area contributed by atoms with Crippen LogP contribution in [0.1, 0.15) is 0 Å². The molecule has 0 aromatic rings. The molecule has 76 valence electrons. The molecule has 7 nitrogen and oxygen atoms in total. The van der Waals surface area contributed by atoms with Crippen LogP contribution in [0.4, 0.5) is 0 Å². The minimum atomic E-state index is -4.35. The van der Waals surface area contributed by atoms with Crippen LogP contribution >= 0.6 is 0 Å². The van der Waals surface area contributed by atoms with Gasteiger partial charge in [-0.3, -0.25) is 4.55 Å². The zero-order valence-corrected chi connectivity index (χ0v) is 7.07. The molecule has 0 atom stereocenters.